The molecule has 0 bridgehead atoms. The van der Waals surface area contributed by atoms with Gasteiger partial charge in [0.1, 0.15) is 5.69 Å². The Morgan fingerprint density at radius 1 is 1.40 bits per heavy atom. The number of hydrogen-bond donors (Lipinski definition) is 2. The Morgan fingerprint density at radius 3 is 2.60 bits per heavy atom. The monoisotopic (exact) mass is 385 g/mol. The molecule has 2 rings (SSSR count). The van der Waals surface area contributed by atoms with E-state index in [2.05, 4.69) is 15.7 Å². The first kappa shape index (κ1) is 19.2. The van der Waals surface area contributed by atoms with E-state index >= 15 is 0 Å². The van der Waals surface area contributed by atoms with Crippen molar-refractivity contribution >= 4 is 34.8 Å². The Morgan fingerprint density at radius 2 is 2.04 bits per heavy atom. The summed E-state index contributed by atoms with van der Waals surface area (Å²) in [4.78, 5) is 22.4. The maximum atomic E-state index is 12.1. The third-order valence-electron chi connectivity index (χ3n) is 3.38. The van der Waals surface area contributed by atoms with Gasteiger partial charge in [-0.05, 0) is 19.5 Å². The lowest BCUT2D eigenvalue weighted by molar-refractivity contribution is -0.384. The SMILES string of the molecule is CCN[C@H](C)CNC(=O)c1ccn(-c2c(Cl)cc([N+](=O)[O-])cc2Cl)n1. The molecule has 1 aromatic carbocycles. The van der Waals surface area contributed by atoms with Gasteiger partial charge < -0.3 is 10.6 Å². The number of amides is 1. The van der Waals surface area contributed by atoms with Crippen molar-refractivity contribution < 1.29 is 9.72 Å². The van der Waals surface area contributed by atoms with E-state index in [0.29, 0.717) is 6.54 Å². The molecule has 1 atom stereocenters. The molecule has 0 fully saturated rings. The van der Waals surface area contributed by atoms with E-state index in [1.54, 1.807) is 0 Å². The summed E-state index contributed by atoms with van der Waals surface area (Å²) in [6.45, 7) is 5.21. The second kappa shape index (κ2) is 8.28. The zero-order valence-corrected chi connectivity index (χ0v) is 15.1. The number of non-ortho nitro benzene ring substituents is 1. The first-order valence-electron chi connectivity index (χ1n) is 7.54. The predicted molar refractivity (Wildman–Crippen MR) is 95.7 cm³/mol. The minimum absolute atomic E-state index is 0.0648. The molecule has 0 unspecified atom stereocenters. The van der Waals surface area contributed by atoms with Crippen LogP contribution in [0.4, 0.5) is 5.69 Å². The predicted octanol–water partition coefficient (Wildman–Crippen LogP) is 2.82. The number of likely N-dealkylation sites (N-methyl/N-ethyl adjacent to an activating group) is 1. The second-order valence-electron chi connectivity index (χ2n) is 5.33. The second-order valence-corrected chi connectivity index (χ2v) is 6.14. The third-order valence-corrected chi connectivity index (χ3v) is 3.96. The maximum absolute atomic E-state index is 12.1. The van der Waals surface area contributed by atoms with Crippen LogP contribution in [0.5, 0.6) is 0 Å². The summed E-state index contributed by atoms with van der Waals surface area (Å²) in [6.07, 6.45) is 1.52. The van der Waals surface area contributed by atoms with Crippen LogP contribution in [0.1, 0.15) is 24.3 Å². The van der Waals surface area contributed by atoms with Crippen molar-refractivity contribution in [1.82, 2.24) is 20.4 Å². The van der Waals surface area contributed by atoms with Gasteiger partial charge in [-0.3, -0.25) is 14.9 Å². The lowest BCUT2D eigenvalue weighted by atomic mass is 10.3. The Kier molecular flexibility index (Phi) is 6.35. The van der Waals surface area contributed by atoms with Crippen molar-refractivity contribution in [3.63, 3.8) is 0 Å². The molecule has 25 heavy (non-hydrogen) atoms. The molecule has 1 amide bonds. The molecule has 0 spiro atoms. The Balaban J connectivity index is 2.19. The van der Waals surface area contributed by atoms with E-state index < -0.39 is 4.92 Å². The van der Waals surface area contributed by atoms with Gasteiger partial charge in [0.2, 0.25) is 0 Å². The summed E-state index contributed by atoms with van der Waals surface area (Å²) in [6, 6.07) is 4.01. The van der Waals surface area contributed by atoms with Crippen molar-refractivity contribution in [3.05, 3.63) is 50.2 Å². The van der Waals surface area contributed by atoms with Crippen LogP contribution in [-0.2, 0) is 0 Å². The first-order valence-corrected chi connectivity index (χ1v) is 8.30. The molecule has 1 aromatic heterocycles. The highest BCUT2D eigenvalue weighted by atomic mass is 35.5. The van der Waals surface area contributed by atoms with Gasteiger partial charge in [-0.15, -0.1) is 0 Å². The summed E-state index contributed by atoms with van der Waals surface area (Å²) in [5.74, 6) is -0.336. The van der Waals surface area contributed by atoms with Crippen molar-refractivity contribution in [3.8, 4) is 5.69 Å². The average Bonchev–Trinajstić information content (AvgIpc) is 3.01. The Bertz CT molecular complexity index is 770. The van der Waals surface area contributed by atoms with Gasteiger partial charge in [0, 0.05) is 30.9 Å². The van der Waals surface area contributed by atoms with Gasteiger partial charge in [0.15, 0.2) is 5.69 Å². The van der Waals surface area contributed by atoms with Crippen LogP contribution in [0.2, 0.25) is 10.0 Å². The third kappa shape index (κ3) is 4.68. The zero-order valence-electron chi connectivity index (χ0n) is 13.6. The summed E-state index contributed by atoms with van der Waals surface area (Å²) >= 11 is 12.2. The molecule has 8 nitrogen and oxygen atoms in total. The molecule has 0 aliphatic heterocycles. The van der Waals surface area contributed by atoms with Gasteiger partial charge in [0.05, 0.1) is 15.0 Å². The Labute approximate surface area is 154 Å². The van der Waals surface area contributed by atoms with Gasteiger partial charge in [-0.2, -0.15) is 5.10 Å². The highest BCUT2D eigenvalue weighted by Crippen LogP contribution is 2.32. The fourth-order valence-electron chi connectivity index (χ4n) is 2.20. The first-order chi connectivity index (χ1) is 11.8. The van der Waals surface area contributed by atoms with Crippen LogP contribution in [-0.4, -0.2) is 39.7 Å². The van der Waals surface area contributed by atoms with Gasteiger partial charge in [-0.1, -0.05) is 30.1 Å². The number of carbonyl (C=O) groups is 1. The topological polar surface area (TPSA) is 102 Å². The molecule has 10 heteroatoms. The van der Waals surface area contributed by atoms with Gasteiger partial charge in [0.25, 0.3) is 11.6 Å². The van der Waals surface area contributed by atoms with Crippen LogP contribution >= 0.6 is 23.2 Å². The van der Waals surface area contributed by atoms with Crippen LogP contribution in [0.15, 0.2) is 24.4 Å². The highest BCUT2D eigenvalue weighted by molar-refractivity contribution is 6.38. The molecule has 2 aromatic rings. The van der Waals surface area contributed by atoms with Crippen LogP contribution in [0.3, 0.4) is 0 Å². The van der Waals surface area contributed by atoms with Crippen molar-refractivity contribution in [2.45, 2.75) is 19.9 Å². The van der Waals surface area contributed by atoms with E-state index in [9.17, 15) is 14.9 Å². The maximum Gasteiger partial charge on any atom is 0.272 e. The fraction of sp³-hybridized carbons (Fsp3) is 0.333. The lowest BCUT2D eigenvalue weighted by Crippen LogP contribution is -2.38. The molecule has 0 aliphatic rings. The summed E-state index contributed by atoms with van der Waals surface area (Å²) in [5, 5.41) is 21.1. The van der Waals surface area contributed by atoms with Crippen molar-refractivity contribution in [1.29, 1.82) is 0 Å². The number of benzene rings is 1. The lowest BCUT2D eigenvalue weighted by Gasteiger charge is -2.12. The fourth-order valence-corrected chi connectivity index (χ4v) is 2.85. The number of hydrogen-bond acceptors (Lipinski definition) is 5. The average molecular weight is 386 g/mol. The molecule has 0 saturated heterocycles. The van der Waals surface area contributed by atoms with E-state index in [1.165, 1.54) is 29.1 Å². The molecule has 0 aliphatic carbocycles. The van der Waals surface area contributed by atoms with Crippen molar-refractivity contribution in [2.24, 2.45) is 0 Å². The quantitative estimate of drug-likeness (QED) is 0.563. The molecule has 2 N–H and O–H groups in total. The molecule has 1 heterocycles. The summed E-state index contributed by atoms with van der Waals surface area (Å²) in [5.41, 5.74) is 0.240. The van der Waals surface area contributed by atoms with Gasteiger partial charge in [-0.25, -0.2) is 4.68 Å². The normalized spacial score (nSPS) is 12.0. The minimum atomic E-state index is -0.588. The standard InChI is InChI=1S/C15H17Cl2N5O3/c1-3-18-9(2)8-19-15(23)13-4-5-21(20-13)14-11(16)6-10(22(24)25)7-12(14)17/h4-7,9,18H,3,8H2,1-2H3,(H,19,23)/t9-/m1/s1. The van der Waals surface area contributed by atoms with E-state index in [4.69, 9.17) is 23.2 Å². The van der Waals surface area contributed by atoms with Crippen LogP contribution in [0, 0.1) is 10.1 Å². The minimum Gasteiger partial charge on any atom is -0.349 e. The molecular formula is C15H17Cl2N5O3. The number of nitro benzene ring substituents is 1. The number of nitrogens with zero attached hydrogens (tertiary/aromatic N) is 3. The molecule has 0 radical (unpaired) electrons. The molecule has 0 saturated carbocycles. The summed E-state index contributed by atoms with van der Waals surface area (Å²) in [7, 11) is 0. The number of halogens is 2. The number of nitrogens with one attached hydrogen (secondary N) is 2. The number of rotatable bonds is 7. The molecular weight excluding hydrogens is 369 g/mol. The highest BCUT2D eigenvalue weighted by Gasteiger charge is 2.18. The summed E-state index contributed by atoms with van der Waals surface area (Å²) < 4.78 is 1.32. The number of carbonyl (C=O) groups excluding carboxylic acids is 1. The van der Waals surface area contributed by atoms with E-state index in [1.807, 2.05) is 13.8 Å². The zero-order chi connectivity index (χ0) is 18.6. The van der Waals surface area contributed by atoms with Crippen LogP contribution in [0.25, 0.3) is 5.69 Å². The molecule has 134 valence electrons. The smallest absolute Gasteiger partial charge is 0.272 e. The number of aromatic nitrogens is 2. The van der Waals surface area contributed by atoms with Gasteiger partial charge >= 0.3 is 0 Å². The van der Waals surface area contributed by atoms with Crippen molar-refractivity contribution in [2.75, 3.05) is 13.1 Å². The van der Waals surface area contributed by atoms with Crippen LogP contribution < -0.4 is 10.6 Å². The Hall–Kier alpha value is -2.16. The van der Waals surface area contributed by atoms with E-state index in [-0.39, 0.29) is 39.1 Å². The largest absolute Gasteiger partial charge is 0.349 e. The van der Waals surface area contributed by atoms with E-state index in [0.717, 1.165) is 6.54 Å². The number of nitro groups is 1.